The Bertz CT molecular complexity index is 396. The van der Waals surface area contributed by atoms with Gasteiger partial charge in [-0.15, -0.1) is 12.4 Å². The van der Waals surface area contributed by atoms with Crippen LogP contribution in [0.25, 0.3) is 0 Å². The SMILES string of the molecule is Cl.NC1CCCC(C(=O)NCC2(N3CCOCC3)CCCCC2)C1. The molecule has 0 radical (unpaired) electrons. The summed E-state index contributed by atoms with van der Waals surface area (Å²) in [5.41, 5.74) is 6.20. The minimum absolute atomic E-state index is 0. The smallest absolute Gasteiger partial charge is 0.223 e. The normalized spacial score (nSPS) is 31.0. The van der Waals surface area contributed by atoms with Gasteiger partial charge in [0.2, 0.25) is 5.91 Å². The number of morpholine rings is 1. The number of nitrogens with one attached hydrogen (secondary N) is 1. The summed E-state index contributed by atoms with van der Waals surface area (Å²) in [6, 6.07) is 0.211. The second-order valence-electron chi connectivity index (χ2n) is 7.73. The Balaban J connectivity index is 0.00000208. The average molecular weight is 360 g/mol. The fourth-order valence-electron chi connectivity index (χ4n) is 4.71. The van der Waals surface area contributed by atoms with Crippen LogP contribution in [0.5, 0.6) is 0 Å². The Hall–Kier alpha value is -0.360. The first-order valence-electron chi connectivity index (χ1n) is 9.56. The highest BCUT2D eigenvalue weighted by Gasteiger charge is 2.39. The molecule has 0 aromatic carbocycles. The van der Waals surface area contributed by atoms with Gasteiger partial charge in [0, 0.05) is 37.1 Å². The van der Waals surface area contributed by atoms with Crippen molar-refractivity contribution in [1.29, 1.82) is 0 Å². The lowest BCUT2D eigenvalue weighted by atomic mass is 9.79. The Morgan fingerprint density at radius 1 is 1.12 bits per heavy atom. The van der Waals surface area contributed by atoms with Gasteiger partial charge in [-0.1, -0.05) is 25.7 Å². The van der Waals surface area contributed by atoms with E-state index in [2.05, 4.69) is 10.2 Å². The third-order valence-electron chi connectivity index (χ3n) is 6.14. The van der Waals surface area contributed by atoms with Gasteiger partial charge in [-0.25, -0.2) is 0 Å². The van der Waals surface area contributed by atoms with Gasteiger partial charge in [-0.2, -0.15) is 0 Å². The van der Waals surface area contributed by atoms with Crippen LogP contribution in [0, 0.1) is 5.92 Å². The van der Waals surface area contributed by atoms with Crippen molar-refractivity contribution in [2.45, 2.75) is 69.4 Å². The highest BCUT2D eigenvalue weighted by atomic mass is 35.5. The predicted molar refractivity (Wildman–Crippen MR) is 98.4 cm³/mol. The van der Waals surface area contributed by atoms with Gasteiger partial charge in [0.15, 0.2) is 0 Å². The van der Waals surface area contributed by atoms with E-state index in [-0.39, 0.29) is 35.8 Å². The quantitative estimate of drug-likeness (QED) is 0.806. The molecule has 0 spiro atoms. The van der Waals surface area contributed by atoms with E-state index in [0.717, 1.165) is 58.5 Å². The Morgan fingerprint density at radius 2 is 1.83 bits per heavy atom. The van der Waals surface area contributed by atoms with Gasteiger partial charge in [-0.3, -0.25) is 9.69 Å². The summed E-state index contributed by atoms with van der Waals surface area (Å²) in [5.74, 6) is 0.363. The zero-order valence-electron chi connectivity index (χ0n) is 14.8. The molecule has 1 heterocycles. The molecule has 2 unspecified atom stereocenters. The van der Waals surface area contributed by atoms with E-state index in [9.17, 15) is 4.79 Å². The van der Waals surface area contributed by atoms with E-state index in [1.54, 1.807) is 0 Å². The van der Waals surface area contributed by atoms with Crippen molar-refractivity contribution in [2.75, 3.05) is 32.8 Å². The fourth-order valence-corrected chi connectivity index (χ4v) is 4.71. The maximum atomic E-state index is 12.6. The largest absolute Gasteiger partial charge is 0.379 e. The van der Waals surface area contributed by atoms with E-state index in [4.69, 9.17) is 10.5 Å². The second kappa shape index (κ2) is 9.37. The van der Waals surface area contributed by atoms with Crippen molar-refractivity contribution < 1.29 is 9.53 Å². The minimum atomic E-state index is 0. The van der Waals surface area contributed by atoms with E-state index in [0.29, 0.717) is 0 Å². The molecule has 0 aromatic heterocycles. The molecule has 3 aliphatic rings. The highest BCUT2D eigenvalue weighted by molar-refractivity contribution is 5.85. The zero-order valence-corrected chi connectivity index (χ0v) is 15.6. The number of amides is 1. The number of halogens is 1. The average Bonchev–Trinajstić information content (AvgIpc) is 2.61. The summed E-state index contributed by atoms with van der Waals surface area (Å²) in [4.78, 5) is 15.2. The third-order valence-corrected chi connectivity index (χ3v) is 6.14. The topological polar surface area (TPSA) is 67.6 Å². The molecule has 2 atom stereocenters. The molecule has 0 aromatic rings. The number of carbonyl (C=O) groups is 1. The van der Waals surface area contributed by atoms with Gasteiger partial charge in [-0.05, 0) is 32.1 Å². The van der Waals surface area contributed by atoms with Crippen LogP contribution >= 0.6 is 12.4 Å². The standard InChI is InChI=1S/C18H33N3O2.ClH/c19-16-6-4-5-15(13-16)17(22)20-14-18(7-2-1-3-8-18)21-9-11-23-12-10-21;/h15-16H,1-14,19H2,(H,20,22);1H. The first-order chi connectivity index (χ1) is 11.2. The van der Waals surface area contributed by atoms with Crippen molar-refractivity contribution in [3.8, 4) is 0 Å². The molecule has 3 rings (SSSR count). The number of hydrogen-bond acceptors (Lipinski definition) is 4. The van der Waals surface area contributed by atoms with Gasteiger partial charge in [0.1, 0.15) is 0 Å². The molecule has 2 aliphatic carbocycles. The predicted octanol–water partition coefficient (Wildman–Crippen LogP) is 2.08. The molecule has 2 saturated carbocycles. The number of rotatable bonds is 4. The lowest BCUT2D eigenvalue weighted by Crippen LogP contribution is -2.60. The molecule has 0 bridgehead atoms. The van der Waals surface area contributed by atoms with Crippen LogP contribution in [0.1, 0.15) is 57.8 Å². The first kappa shape index (κ1) is 20.0. The summed E-state index contributed by atoms with van der Waals surface area (Å²) in [7, 11) is 0. The van der Waals surface area contributed by atoms with E-state index >= 15 is 0 Å². The second-order valence-corrected chi connectivity index (χ2v) is 7.73. The molecule has 1 amide bonds. The molecule has 6 heteroatoms. The van der Waals surface area contributed by atoms with Gasteiger partial charge in [0.05, 0.1) is 13.2 Å². The minimum Gasteiger partial charge on any atom is -0.379 e. The maximum Gasteiger partial charge on any atom is 0.223 e. The van der Waals surface area contributed by atoms with Gasteiger partial charge >= 0.3 is 0 Å². The molecule has 24 heavy (non-hydrogen) atoms. The number of nitrogens with zero attached hydrogens (tertiary/aromatic N) is 1. The van der Waals surface area contributed by atoms with Crippen LogP contribution in [0.15, 0.2) is 0 Å². The first-order valence-corrected chi connectivity index (χ1v) is 9.56. The van der Waals surface area contributed by atoms with Crippen LogP contribution in [-0.4, -0.2) is 55.2 Å². The molecule has 1 aliphatic heterocycles. The molecule has 1 saturated heterocycles. The molecule has 3 fully saturated rings. The fraction of sp³-hybridized carbons (Fsp3) is 0.944. The lowest BCUT2D eigenvalue weighted by Gasteiger charge is -2.48. The summed E-state index contributed by atoms with van der Waals surface area (Å²) >= 11 is 0. The van der Waals surface area contributed by atoms with E-state index in [1.807, 2.05) is 0 Å². The maximum absolute atomic E-state index is 12.6. The highest BCUT2D eigenvalue weighted by Crippen LogP contribution is 2.34. The van der Waals surface area contributed by atoms with Crippen LogP contribution in [0.3, 0.4) is 0 Å². The molecule has 140 valence electrons. The van der Waals surface area contributed by atoms with Crippen molar-refractivity contribution in [2.24, 2.45) is 11.7 Å². The van der Waals surface area contributed by atoms with Crippen molar-refractivity contribution in [3.63, 3.8) is 0 Å². The van der Waals surface area contributed by atoms with Crippen molar-refractivity contribution in [1.82, 2.24) is 10.2 Å². The van der Waals surface area contributed by atoms with Crippen molar-refractivity contribution in [3.05, 3.63) is 0 Å². The molecule has 5 nitrogen and oxygen atoms in total. The van der Waals surface area contributed by atoms with E-state index < -0.39 is 0 Å². The molecule has 3 N–H and O–H groups in total. The van der Waals surface area contributed by atoms with E-state index in [1.165, 1.54) is 32.1 Å². The molecular formula is C18H34ClN3O2. The number of hydrogen-bond donors (Lipinski definition) is 2. The Kier molecular flexibility index (Phi) is 7.79. The van der Waals surface area contributed by atoms with Crippen LogP contribution in [0.2, 0.25) is 0 Å². The number of carbonyl (C=O) groups excluding carboxylic acids is 1. The number of nitrogens with two attached hydrogens (primary N) is 1. The van der Waals surface area contributed by atoms with Crippen LogP contribution in [0.4, 0.5) is 0 Å². The molecular weight excluding hydrogens is 326 g/mol. The summed E-state index contributed by atoms with van der Waals surface area (Å²) < 4.78 is 5.53. The Morgan fingerprint density at radius 3 is 2.50 bits per heavy atom. The summed E-state index contributed by atoms with van der Waals surface area (Å²) in [5, 5.41) is 3.30. The number of ether oxygens (including phenoxy) is 1. The summed E-state index contributed by atoms with van der Waals surface area (Å²) in [6.45, 7) is 4.46. The summed E-state index contributed by atoms with van der Waals surface area (Å²) in [6.07, 6.45) is 10.3. The van der Waals surface area contributed by atoms with Gasteiger partial charge in [0.25, 0.3) is 0 Å². The van der Waals surface area contributed by atoms with Crippen LogP contribution < -0.4 is 11.1 Å². The monoisotopic (exact) mass is 359 g/mol. The van der Waals surface area contributed by atoms with Crippen LogP contribution in [-0.2, 0) is 9.53 Å². The Labute approximate surface area is 152 Å². The van der Waals surface area contributed by atoms with Crippen molar-refractivity contribution >= 4 is 18.3 Å². The van der Waals surface area contributed by atoms with Gasteiger partial charge < -0.3 is 15.8 Å². The zero-order chi connectivity index (χ0) is 16.1. The lowest BCUT2D eigenvalue weighted by molar-refractivity contribution is -0.127. The third kappa shape index (κ3) is 4.84.